The van der Waals surface area contributed by atoms with Crippen molar-refractivity contribution in [3.63, 3.8) is 0 Å². The molecule has 0 aromatic heterocycles. The summed E-state index contributed by atoms with van der Waals surface area (Å²) in [5.74, 6) is -1.83. The number of carbonyl (C=O) groups is 3. The molecule has 0 saturated carbocycles. The molecular formula is C13H17N3O4. The Kier molecular flexibility index (Phi) is 5.08. The fourth-order valence-electron chi connectivity index (χ4n) is 1.67. The molecule has 1 unspecified atom stereocenters. The highest BCUT2D eigenvalue weighted by atomic mass is 16.5. The second kappa shape index (κ2) is 6.55. The Labute approximate surface area is 116 Å². The van der Waals surface area contributed by atoms with Crippen LogP contribution in [0.2, 0.25) is 0 Å². The molecule has 1 rings (SSSR count). The van der Waals surface area contributed by atoms with Gasteiger partial charge in [0.15, 0.2) is 0 Å². The predicted octanol–water partition coefficient (Wildman–Crippen LogP) is 0.248. The topological polar surface area (TPSA) is 125 Å². The van der Waals surface area contributed by atoms with E-state index in [1.807, 2.05) is 0 Å². The highest BCUT2D eigenvalue weighted by molar-refractivity contribution is 6.00. The molecule has 20 heavy (non-hydrogen) atoms. The first-order valence-electron chi connectivity index (χ1n) is 5.98. The molecular weight excluding hydrogens is 262 g/mol. The van der Waals surface area contributed by atoms with Crippen molar-refractivity contribution in [2.24, 2.45) is 11.5 Å². The Hall–Kier alpha value is -2.57. The molecule has 7 nitrogen and oxygen atoms in total. The number of hydrogen-bond donors (Lipinski definition) is 3. The average Bonchev–Trinajstić information content (AvgIpc) is 2.43. The zero-order valence-corrected chi connectivity index (χ0v) is 11.3. The third-order valence-corrected chi connectivity index (χ3v) is 2.74. The van der Waals surface area contributed by atoms with Crippen LogP contribution in [0.4, 0.5) is 5.69 Å². The third-order valence-electron chi connectivity index (χ3n) is 2.74. The van der Waals surface area contributed by atoms with Crippen molar-refractivity contribution in [1.29, 1.82) is 0 Å². The van der Waals surface area contributed by atoms with Crippen LogP contribution in [0.25, 0.3) is 0 Å². The van der Waals surface area contributed by atoms with Crippen molar-refractivity contribution in [1.82, 2.24) is 0 Å². The number of rotatable bonds is 6. The van der Waals surface area contributed by atoms with Gasteiger partial charge < -0.3 is 21.5 Å². The molecule has 0 heterocycles. The van der Waals surface area contributed by atoms with E-state index in [1.54, 1.807) is 6.92 Å². The van der Waals surface area contributed by atoms with E-state index in [0.29, 0.717) is 12.1 Å². The van der Waals surface area contributed by atoms with Crippen molar-refractivity contribution in [2.75, 3.05) is 12.4 Å². The Bertz CT molecular complexity index is 510. The van der Waals surface area contributed by atoms with Gasteiger partial charge in [-0.15, -0.1) is 0 Å². The van der Waals surface area contributed by atoms with Gasteiger partial charge in [-0.1, -0.05) is 6.92 Å². The lowest BCUT2D eigenvalue weighted by Crippen LogP contribution is -2.30. The van der Waals surface area contributed by atoms with E-state index in [4.69, 9.17) is 11.5 Å². The van der Waals surface area contributed by atoms with Gasteiger partial charge in [-0.3, -0.25) is 9.59 Å². The smallest absolute Gasteiger partial charge is 0.328 e. The van der Waals surface area contributed by atoms with Gasteiger partial charge in [0.1, 0.15) is 6.04 Å². The Morgan fingerprint density at radius 1 is 1.15 bits per heavy atom. The number of carbonyl (C=O) groups excluding carboxylic acids is 3. The second-order valence-corrected chi connectivity index (χ2v) is 4.16. The van der Waals surface area contributed by atoms with E-state index in [9.17, 15) is 14.4 Å². The summed E-state index contributed by atoms with van der Waals surface area (Å²) >= 11 is 0. The maximum Gasteiger partial charge on any atom is 0.328 e. The summed E-state index contributed by atoms with van der Waals surface area (Å²) in [5.41, 5.74) is 11.0. The van der Waals surface area contributed by atoms with E-state index in [-0.39, 0.29) is 11.1 Å². The van der Waals surface area contributed by atoms with Crippen LogP contribution in [0.15, 0.2) is 18.2 Å². The fraction of sp³-hybridized carbons (Fsp3) is 0.308. The summed E-state index contributed by atoms with van der Waals surface area (Å²) in [6, 6.07) is 3.60. The lowest BCUT2D eigenvalue weighted by molar-refractivity contribution is -0.141. The van der Waals surface area contributed by atoms with Gasteiger partial charge >= 0.3 is 5.97 Å². The molecule has 7 heteroatoms. The summed E-state index contributed by atoms with van der Waals surface area (Å²) in [6.45, 7) is 1.79. The molecule has 1 aromatic carbocycles. The molecule has 1 aromatic rings. The van der Waals surface area contributed by atoms with Gasteiger partial charge in [0.2, 0.25) is 11.8 Å². The molecule has 0 aliphatic carbocycles. The first kappa shape index (κ1) is 15.5. The maximum atomic E-state index is 11.5. The number of ether oxygens (including phenoxy) is 1. The normalized spacial score (nSPS) is 11.5. The quantitative estimate of drug-likeness (QED) is 0.644. The van der Waals surface area contributed by atoms with Gasteiger partial charge in [0, 0.05) is 16.8 Å². The minimum absolute atomic E-state index is 0.128. The maximum absolute atomic E-state index is 11.5. The Balaban J connectivity index is 3.13. The zero-order chi connectivity index (χ0) is 15.3. The molecule has 0 fully saturated rings. The van der Waals surface area contributed by atoms with Crippen molar-refractivity contribution < 1.29 is 19.1 Å². The van der Waals surface area contributed by atoms with E-state index < -0.39 is 23.8 Å². The highest BCUT2D eigenvalue weighted by Crippen LogP contribution is 2.17. The van der Waals surface area contributed by atoms with Gasteiger partial charge in [0.05, 0.1) is 7.11 Å². The highest BCUT2D eigenvalue weighted by Gasteiger charge is 2.18. The van der Waals surface area contributed by atoms with Crippen LogP contribution in [0.5, 0.6) is 0 Å². The second-order valence-electron chi connectivity index (χ2n) is 4.16. The molecule has 2 amide bonds. The SMILES string of the molecule is CCC(Nc1cc(C(N)=O)cc(C(N)=O)c1)C(=O)OC. The number of hydrogen-bond acceptors (Lipinski definition) is 5. The molecule has 0 aliphatic heterocycles. The van der Waals surface area contributed by atoms with Crippen LogP contribution in [-0.4, -0.2) is 30.9 Å². The predicted molar refractivity (Wildman–Crippen MR) is 73.2 cm³/mol. The molecule has 0 saturated heterocycles. The average molecular weight is 279 g/mol. The van der Waals surface area contributed by atoms with Crippen LogP contribution < -0.4 is 16.8 Å². The minimum atomic E-state index is -0.692. The number of amides is 2. The fourth-order valence-corrected chi connectivity index (χ4v) is 1.67. The van der Waals surface area contributed by atoms with Crippen LogP contribution >= 0.6 is 0 Å². The number of nitrogens with one attached hydrogen (secondary N) is 1. The van der Waals surface area contributed by atoms with Gasteiger partial charge in [0.25, 0.3) is 0 Å². The summed E-state index contributed by atoms with van der Waals surface area (Å²) in [6.07, 6.45) is 0.472. The number of primary amides is 2. The van der Waals surface area contributed by atoms with E-state index in [0.717, 1.165) is 0 Å². The summed E-state index contributed by atoms with van der Waals surface area (Å²) < 4.78 is 4.65. The molecule has 0 aliphatic rings. The van der Waals surface area contributed by atoms with E-state index >= 15 is 0 Å². The van der Waals surface area contributed by atoms with Crippen molar-refractivity contribution in [3.05, 3.63) is 29.3 Å². The van der Waals surface area contributed by atoms with Crippen molar-refractivity contribution in [2.45, 2.75) is 19.4 Å². The molecule has 0 spiro atoms. The summed E-state index contributed by atoms with van der Waals surface area (Å²) in [7, 11) is 1.28. The third kappa shape index (κ3) is 3.71. The summed E-state index contributed by atoms with van der Waals surface area (Å²) in [5, 5.41) is 2.88. The van der Waals surface area contributed by atoms with Gasteiger partial charge in [-0.25, -0.2) is 4.79 Å². The molecule has 0 radical (unpaired) electrons. The standard InChI is InChI=1S/C13H17N3O4/c1-3-10(13(19)20-2)16-9-5-7(11(14)17)4-8(6-9)12(15)18/h4-6,10,16H,3H2,1-2H3,(H2,14,17)(H2,15,18). The number of esters is 1. The summed E-state index contributed by atoms with van der Waals surface area (Å²) in [4.78, 5) is 34.0. The van der Waals surface area contributed by atoms with Crippen molar-refractivity contribution in [3.8, 4) is 0 Å². The van der Waals surface area contributed by atoms with Gasteiger partial charge in [-0.05, 0) is 24.6 Å². The monoisotopic (exact) mass is 279 g/mol. The lowest BCUT2D eigenvalue weighted by Gasteiger charge is -2.16. The van der Waals surface area contributed by atoms with Gasteiger partial charge in [-0.2, -0.15) is 0 Å². The van der Waals surface area contributed by atoms with E-state index in [1.165, 1.54) is 25.3 Å². The van der Waals surface area contributed by atoms with Crippen molar-refractivity contribution >= 4 is 23.5 Å². The van der Waals surface area contributed by atoms with Crippen LogP contribution in [0.3, 0.4) is 0 Å². The Morgan fingerprint density at radius 3 is 2.00 bits per heavy atom. The first-order valence-corrected chi connectivity index (χ1v) is 5.98. The number of nitrogens with two attached hydrogens (primary N) is 2. The van der Waals surface area contributed by atoms with Crippen LogP contribution in [-0.2, 0) is 9.53 Å². The molecule has 0 bridgehead atoms. The number of benzene rings is 1. The van der Waals surface area contributed by atoms with Crippen LogP contribution in [0.1, 0.15) is 34.1 Å². The zero-order valence-electron chi connectivity index (χ0n) is 11.3. The minimum Gasteiger partial charge on any atom is -0.467 e. The van der Waals surface area contributed by atoms with Crippen LogP contribution in [0, 0.1) is 0 Å². The Morgan fingerprint density at radius 2 is 1.65 bits per heavy atom. The molecule has 5 N–H and O–H groups in total. The largest absolute Gasteiger partial charge is 0.467 e. The lowest BCUT2D eigenvalue weighted by atomic mass is 10.1. The number of anilines is 1. The first-order chi connectivity index (χ1) is 9.38. The van der Waals surface area contributed by atoms with E-state index in [2.05, 4.69) is 10.1 Å². The number of methoxy groups -OCH3 is 1. The molecule has 1 atom stereocenters. The molecule has 108 valence electrons.